The van der Waals surface area contributed by atoms with Crippen molar-refractivity contribution in [3.05, 3.63) is 70.9 Å². The van der Waals surface area contributed by atoms with Crippen molar-refractivity contribution in [2.45, 2.75) is 19.8 Å². The number of aryl methyl sites for hydroxylation is 1. The van der Waals surface area contributed by atoms with Crippen LogP contribution in [0.4, 0.5) is 0 Å². The van der Waals surface area contributed by atoms with Crippen molar-refractivity contribution in [1.29, 1.82) is 0 Å². The van der Waals surface area contributed by atoms with Crippen LogP contribution in [-0.2, 0) is 12.8 Å². The van der Waals surface area contributed by atoms with Crippen LogP contribution >= 0.6 is 24.0 Å². The lowest BCUT2D eigenvalue weighted by Crippen LogP contribution is -2.39. The van der Waals surface area contributed by atoms with E-state index in [0.717, 1.165) is 37.5 Å². The molecule has 1 amide bonds. The maximum absolute atomic E-state index is 11.8. The van der Waals surface area contributed by atoms with Gasteiger partial charge in [-0.1, -0.05) is 24.3 Å². The summed E-state index contributed by atoms with van der Waals surface area (Å²) in [5.74, 6) is 0.717. The summed E-state index contributed by atoms with van der Waals surface area (Å²) in [6.45, 7) is 3.68. The van der Waals surface area contributed by atoms with Gasteiger partial charge in [0.1, 0.15) is 0 Å². The fourth-order valence-corrected chi connectivity index (χ4v) is 3.52. The average molecular weight is 519 g/mol. The second-order valence-electron chi connectivity index (χ2n) is 7.02. The molecule has 0 bridgehead atoms. The summed E-state index contributed by atoms with van der Waals surface area (Å²) in [6, 6.07) is 14.0. The number of H-pyrrole nitrogens is 1. The molecule has 6 nitrogen and oxygen atoms in total. The number of aromatic amines is 1. The van der Waals surface area contributed by atoms with E-state index in [9.17, 15) is 4.79 Å². The van der Waals surface area contributed by atoms with E-state index in [0.29, 0.717) is 5.56 Å². The first-order chi connectivity index (χ1) is 14.1. The predicted octanol–water partition coefficient (Wildman–Crippen LogP) is 3.40. The molecule has 160 valence electrons. The first-order valence-electron chi connectivity index (χ1n) is 9.93. The zero-order chi connectivity index (χ0) is 20.6. The van der Waals surface area contributed by atoms with Gasteiger partial charge in [-0.15, -0.1) is 24.0 Å². The molecule has 0 aliphatic heterocycles. The SMILES string of the molecule is CN=C(NCCc1cccc(C(=O)NC)c1)NCCc1c[nH]c2cccc(C)c12.I. The Morgan fingerprint density at radius 3 is 2.53 bits per heavy atom. The second kappa shape index (κ2) is 11.6. The smallest absolute Gasteiger partial charge is 0.251 e. The highest BCUT2D eigenvalue weighted by atomic mass is 127. The van der Waals surface area contributed by atoms with E-state index in [1.807, 2.05) is 24.3 Å². The van der Waals surface area contributed by atoms with Gasteiger partial charge in [0.2, 0.25) is 0 Å². The number of hydrogen-bond donors (Lipinski definition) is 4. The lowest BCUT2D eigenvalue weighted by atomic mass is 10.1. The normalized spacial score (nSPS) is 11.1. The van der Waals surface area contributed by atoms with Crippen LogP contribution in [0.15, 0.2) is 53.7 Å². The van der Waals surface area contributed by atoms with Gasteiger partial charge in [-0.3, -0.25) is 9.79 Å². The van der Waals surface area contributed by atoms with Crippen molar-refractivity contribution in [2.75, 3.05) is 27.2 Å². The number of nitrogens with zero attached hydrogens (tertiary/aromatic N) is 1. The van der Waals surface area contributed by atoms with Gasteiger partial charge in [-0.05, 0) is 54.7 Å². The number of amides is 1. The summed E-state index contributed by atoms with van der Waals surface area (Å²) in [4.78, 5) is 19.4. The molecule has 0 fully saturated rings. The number of halogens is 1. The number of hydrogen-bond acceptors (Lipinski definition) is 2. The fraction of sp³-hybridized carbons (Fsp3) is 0.304. The Bertz CT molecular complexity index is 1010. The third-order valence-electron chi connectivity index (χ3n) is 5.03. The third kappa shape index (κ3) is 5.98. The quantitative estimate of drug-likeness (QED) is 0.220. The molecule has 0 aliphatic carbocycles. The maximum Gasteiger partial charge on any atom is 0.251 e. The van der Waals surface area contributed by atoms with Crippen LogP contribution in [0.2, 0.25) is 0 Å². The lowest BCUT2D eigenvalue weighted by Gasteiger charge is -2.12. The topological polar surface area (TPSA) is 81.3 Å². The highest BCUT2D eigenvalue weighted by Gasteiger charge is 2.07. The Morgan fingerprint density at radius 2 is 1.80 bits per heavy atom. The van der Waals surface area contributed by atoms with Crippen molar-refractivity contribution in [3.63, 3.8) is 0 Å². The summed E-state index contributed by atoms with van der Waals surface area (Å²) in [7, 11) is 3.42. The largest absolute Gasteiger partial charge is 0.361 e. The lowest BCUT2D eigenvalue weighted by molar-refractivity contribution is 0.0963. The van der Waals surface area contributed by atoms with E-state index in [2.05, 4.69) is 57.2 Å². The predicted molar refractivity (Wildman–Crippen MR) is 135 cm³/mol. The minimum atomic E-state index is -0.0650. The van der Waals surface area contributed by atoms with E-state index < -0.39 is 0 Å². The van der Waals surface area contributed by atoms with Gasteiger partial charge in [-0.25, -0.2) is 0 Å². The highest BCUT2D eigenvalue weighted by Crippen LogP contribution is 2.22. The van der Waals surface area contributed by atoms with Gasteiger partial charge >= 0.3 is 0 Å². The molecule has 0 unspecified atom stereocenters. The molecular weight excluding hydrogens is 489 g/mol. The van der Waals surface area contributed by atoms with E-state index >= 15 is 0 Å². The van der Waals surface area contributed by atoms with E-state index in [-0.39, 0.29) is 29.9 Å². The van der Waals surface area contributed by atoms with Crippen LogP contribution in [0.25, 0.3) is 10.9 Å². The summed E-state index contributed by atoms with van der Waals surface area (Å²) in [5, 5.41) is 10.7. The zero-order valence-electron chi connectivity index (χ0n) is 17.7. The number of nitrogens with one attached hydrogen (secondary N) is 4. The van der Waals surface area contributed by atoms with Crippen molar-refractivity contribution in [2.24, 2.45) is 4.99 Å². The van der Waals surface area contributed by atoms with Gasteiger partial charge in [0, 0.05) is 49.8 Å². The van der Waals surface area contributed by atoms with Crippen LogP contribution < -0.4 is 16.0 Å². The average Bonchev–Trinajstić information content (AvgIpc) is 3.16. The highest BCUT2D eigenvalue weighted by molar-refractivity contribution is 14.0. The minimum Gasteiger partial charge on any atom is -0.361 e. The Balaban J connectivity index is 0.00000320. The monoisotopic (exact) mass is 519 g/mol. The van der Waals surface area contributed by atoms with Crippen molar-refractivity contribution in [1.82, 2.24) is 20.9 Å². The van der Waals surface area contributed by atoms with Gasteiger partial charge < -0.3 is 20.9 Å². The molecule has 2 aromatic carbocycles. The van der Waals surface area contributed by atoms with Crippen LogP contribution in [0.3, 0.4) is 0 Å². The fourth-order valence-electron chi connectivity index (χ4n) is 3.52. The van der Waals surface area contributed by atoms with Gasteiger partial charge in [0.05, 0.1) is 0 Å². The Morgan fingerprint density at radius 1 is 1.07 bits per heavy atom. The Labute approximate surface area is 195 Å². The number of benzene rings is 2. The first kappa shape index (κ1) is 23.7. The van der Waals surface area contributed by atoms with Gasteiger partial charge in [0.15, 0.2) is 5.96 Å². The molecule has 0 spiro atoms. The van der Waals surface area contributed by atoms with E-state index in [1.165, 1.54) is 22.0 Å². The molecule has 0 radical (unpaired) electrons. The molecule has 4 N–H and O–H groups in total. The standard InChI is InChI=1S/C23H29N5O.HI/c1-16-6-4-9-20-21(16)19(15-28-20)11-13-27-23(25-3)26-12-10-17-7-5-8-18(14-17)22(29)24-2;/h4-9,14-15,28H,10-13H2,1-3H3,(H,24,29)(H2,25,26,27);1H. The van der Waals surface area contributed by atoms with E-state index in [1.54, 1.807) is 14.1 Å². The number of guanidine groups is 1. The number of rotatable bonds is 7. The first-order valence-corrected chi connectivity index (χ1v) is 9.93. The minimum absolute atomic E-state index is 0. The van der Waals surface area contributed by atoms with Crippen molar-refractivity contribution < 1.29 is 4.79 Å². The summed E-state index contributed by atoms with van der Waals surface area (Å²) in [6.07, 6.45) is 3.82. The molecule has 3 rings (SSSR count). The van der Waals surface area contributed by atoms with Crippen molar-refractivity contribution in [3.8, 4) is 0 Å². The molecule has 7 heteroatoms. The van der Waals surface area contributed by atoms with Gasteiger partial charge in [-0.2, -0.15) is 0 Å². The molecule has 0 saturated carbocycles. The summed E-state index contributed by atoms with van der Waals surface area (Å²) in [5.41, 5.74) is 5.58. The van der Waals surface area contributed by atoms with Crippen LogP contribution in [0.5, 0.6) is 0 Å². The molecule has 3 aromatic rings. The van der Waals surface area contributed by atoms with Crippen LogP contribution in [0, 0.1) is 6.92 Å². The molecule has 30 heavy (non-hydrogen) atoms. The number of aromatic nitrogens is 1. The van der Waals surface area contributed by atoms with E-state index in [4.69, 9.17) is 0 Å². The number of carbonyl (C=O) groups excluding carboxylic acids is 1. The summed E-state index contributed by atoms with van der Waals surface area (Å²) >= 11 is 0. The third-order valence-corrected chi connectivity index (χ3v) is 5.03. The van der Waals surface area contributed by atoms with Crippen LogP contribution in [-0.4, -0.2) is 44.0 Å². The molecule has 0 atom stereocenters. The molecule has 0 saturated heterocycles. The summed E-state index contributed by atoms with van der Waals surface area (Å²) < 4.78 is 0. The number of carbonyl (C=O) groups is 1. The molecule has 1 heterocycles. The number of fused-ring (bicyclic) bond motifs is 1. The molecular formula is C23H30IN5O. The Kier molecular flexibility index (Phi) is 9.16. The molecule has 0 aliphatic rings. The maximum atomic E-state index is 11.8. The van der Waals surface area contributed by atoms with Crippen LogP contribution in [0.1, 0.15) is 27.0 Å². The zero-order valence-corrected chi connectivity index (χ0v) is 20.0. The van der Waals surface area contributed by atoms with Crippen molar-refractivity contribution >= 4 is 46.7 Å². The molecule has 1 aromatic heterocycles. The second-order valence-corrected chi connectivity index (χ2v) is 7.02. The van der Waals surface area contributed by atoms with Gasteiger partial charge in [0.25, 0.3) is 5.91 Å². The Hall–Kier alpha value is -2.55. The number of aliphatic imine (C=N–C) groups is 1.